The van der Waals surface area contributed by atoms with Crippen LogP contribution >= 0.6 is 26.3 Å². The van der Waals surface area contributed by atoms with Gasteiger partial charge in [0, 0.05) is 0 Å². The van der Waals surface area contributed by atoms with Crippen molar-refractivity contribution in [2.24, 2.45) is 0 Å². The number of halogens is 2. The monoisotopic (exact) mass is 476 g/mol. The number of rotatable bonds is 0. The minimum atomic E-state index is 0.125. The molecule has 0 aromatic heterocycles. The topological polar surface area (TPSA) is 0 Å². The van der Waals surface area contributed by atoms with Gasteiger partial charge in [-0.25, -0.2) is 0 Å². The summed E-state index contributed by atoms with van der Waals surface area (Å²) >= 11 is 6.50. The molecule has 2 aliphatic rings. The van der Waals surface area contributed by atoms with E-state index >= 15 is 0 Å². The first-order valence-electron chi connectivity index (χ1n) is 7.88. The molecule has 0 atom stereocenters. The van der Waals surface area contributed by atoms with Crippen molar-refractivity contribution < 1.29 is 15.0 Å². The van der Waals surface area contributed by atoms with E-state index in [4.69, 9.17) is 0 Å². The molecule has 0 heterocycles. The van der Waals surface area contributed by atoms with Crippen molar-refractivity contribution in [3.8, 4) is 0 Å². The van der Waals surface area contributed by atoms with Gasteiger partial charge in [0.1, 0.15) is 0 Å². The summed E-state index contributed by atoms with van der Waals surface area (Å²) in [5.41, 5.74) is 0. The van der Waals surface area contributed by atoms with Crippen molar-refractivity contribution in [1.29, 1.82) is 0 Å². The fourth-order valence-corrected chi connectivity index (χ4v) is 2.81. The maximum atomic E-state index is 3.19. The Kier molecular flexibility index (Phi) is 12.2. The zero-order valence-electron chi connectivity index (χ0n) is 16.3. The van der Waals surface area contributed by atoms with E-state index in [1.807, 2.05) is 0 Å². The fraction of sp³-hybridized carbons (Fsp3) is 0.500. The van der Waals surface area contributed by atoms with Gasteiger partial charge in [-0.05, 0) is 59.2 Å². The van der Waals surface area contributed by atoms with Gasteiger partial charge in [0.15, 0.2) is 0 Å². The molecule has 2 aliphatic carbocycles. The average molecular weight is 478 g/mol. The fourth-order valence-electron chi connectivity index (χ4n) is 2.81. The third-order valence-corrected chi connectivity index (χ3v) is 5.62. The Morgan fingerprint density at radius 3 is 0.435 bits per heavy atom. The molecule has 0 aromatic carbocycles. The average Bonchev–Trinajstić information content (AvgIpc) is 2.80. The Morgan fingerprint density at radius 2 is 0.391 bits per heavy atom. The predicted molar refractivity (Wildman–Crippen MR) is 107 cm³/mol. The molecular weight excluding hydrogens is 448 g/mol. The Labute approximate surface area is 168 Å². The Balaban J connectivity index is 0.000000360. The van der Waals surface area contributed by atoms with Gasteiger partial charge in [0.25, 0.3) is 0 Å². The van der Waals surface area contributed by atoms with Crippen molar-refractivity contribution in [3.63, 3.8) is 0 Å². The van der Waals surface area contributed by atoms with Crippen LogP contribution in [0.2, 0.25) is 0 Å². The minimum absolute atomic E-state index is 0.125. The van der Waals surface area contributed by atoms with E-state index in [9.17, 15) is 0 Å². The van der Waals surface area contributed by atoms with Gasteiger partial charge in [-0.1, -0.05) is 69.2 Å². The second-order valence-corrected chi connectivity index (χ2v) is 14.2. The molecule has 0 spiro atoms. The second kappa shape index (κ2) is 11.4. The van der Waals surface area contributed by atoms with Crippen molar-refractivity contribution in [1.82, 2.24) is 0 Å². The van der Waals surface area contributed by atoms with Crippen molar-refractivity contribution in [2.75, 3.05) is 0 Å². The number of hydrogen-bond acceptors (Lipinski definition) is 0. The van der Waals surface area contributed by atoms with Crippen LogP contribution in [-0.4, -0.2) is 0 Å². The summed E-state index contributed by atoms with van der Waals surface area (Å²) in [6, 6.07) is 0. The van der Waals surface area contributed by atoms with Crippen LogP contribution in [0, 0.1) is 59.2 Å². The molecule has 0 nitrogen and oxygen atoms in total. The third-order valence-electron chi connectivity index (χ3n) is 5.62. The van der Waals surface area contributed by atoms with Gasteiger partial charge >= 0.3 is 41.3 Å². The molecule has 2 fully saturated rings. The van der Waals surface area contributed by atoms with Crippen LogP contribution < -0.4 is 0 Å². The molecule has 0 aliphatic heterocycles. The van der Waals surface area contributed by atoms with Crippen LogP contribution in [0.4, 0.5) is 0 Å². The van der Waals surface area contributed by atoms with Crippen LogP contribution in [0.1, 0.15) is 69.2 Å². The van der Waals surface area contributed by atoms with Crippen LogP contribution in [0.3, 0.4) is 0 Å². The molecule has 10 radical (unpaired) electrons. The summed E-state index contributed by atoms with van der Waals surface area (Å²) in [6.07, 6.45) is 0. The first-order valence-corrected chi connectivity index (χ1v) is 15.6. The Morgan fingerprint density at radius 1 is 0.348 bits per heavy atom. The summed E-state index contributed by atoms with van der Waals surface area (Å²) in [6.45, 7) is 22.0. The molecule has 0 N–H and O–H groups in total. The summed E-state index contributed by atoms with van der Waals surface area (Å²) in [4.78, 5) is 0. The van der Waals surface area contributed by atoms with E-state index in [1.165, 1.54) is 59.2 Å². The number of hydrogen-bond donors (Lipinski definition) is 0. The van der Waals surface area contributed by atoms with Crippen molar-refractivity contribution >= 4 is 26.3 Å². The van der Waals surface area contributed by atoms with E-state index in [0.29, 0.717) is 0 Å². The van der Waals surface area contributed by atoms with Gasteiger partial charge in [-0.2, -0.15) is 0 Å². The third kappa shape index (κ3) is 6.40. The molecule has 0 aromatic rings. The van der Waals surface area contributed by atoms with Gasteiger partial charge in [-0.3, -0.25) is 0 Å². The van der Waals surface area contributed by atoms with Crippen LogP contribution in [0.15, 0.2) is 0 Å². The first kappa shape index (κ1) is 24.7. The molecule has 128 valence electrons. The van der Waals surface area contributed by atoms with Crippen molar-refractivity contribution in [2.45, 2.75) is 69.2 Å². The Hall–Kier alpha value is 1.67. The molecule has 2 saturated carbocycles. The summed E-state index contributed by atoms with van der Waals surface area (Å²) < 4.78 is 0. The van der Waals surface area contributed by atoms with Crippen molar-refractivity contribution in [3.05, 3.63) is 59.2 Å². The van der Waals surface area contributed by atoms with E-state index in [2.05, 4.69) is 95.6 Å². The molecule has 0 saturated heterocycles. The zero-order valence-corrected chi connectivity index (χ0v) is 21.0. The first-order chi connectivity index (χ1) is 10.5. The van der Waals surface area contributed by atoms with Crippen LogP contribution in [0.25, 0.3) is 0 Å². The molecule has 0 unspecified atom stereocenters. The van der Waals surface area contributed by atoms with E-state index in [1.54, 1.807) is 0 Å². The van der Waals surface area contributed by atoms with E-state index < -0.39 is 0 Å². The normalized spacial score (nSPS) is 25.4. The van der Waals surface area contributed by atoms with E-state index in [-0.39, 0.29) is 15.0 Å². The molecule has 23 heavy (non-hydrogen) atoms. The standard InChI is InChI=1S/2C10H15.2BrH.Ti/c2*1-6-7(2)9(4)10(5)8(6)3;;;/h2*1-5H3;2*1H;/q;;;;+2/p-2. The van der Waals surface area contributed by atoms with Gasteiger partial charge < -0.3 is 0 Å². The Bertz CT molecular complexity index is 203. The van der Waals surface area contributed by atoms with Crippen LogP contribution in [0.5, 0.6) is 0 Å². The molecule has 0 amide bonds. The summed E-state index contributed by atoms with van der Waals surface area (Å²) in [5, 5.41) is 0. The van der Waals surface area contributed by atoms with Gasteiger partial charge in [0.2, 0.25) is 0 Å². The SMILES string of the molecule is C[C]1[C](C)[C](C)[C](C)[C]1C.C[C]1[C](C)[C](C)[C](C)[C]1C.[Br][Ti][Br]. The molecule has 2 rings (SSSR count). The maximum absolute atomic E-state index is 3.19. The summed E-state index contributed by atoms with van der Waals surface area (Å²) in [5.74, 6) is 14.7. The zero-order chi connectivity index (χ0) is 18.5. The van der Waals surface area contributed by atoms with Gasteiger partial charge in [0.05, 0.1) is 0 Å². The summed E-state index contributed by atoms with van der Waals surface area (Å²) in [7, 11) is 0. The molecule has 3 heteroatoms. The second-order valence-electron chi connectivity index (χ2n) is 6.32. The van der Waals surface area contributed by atoms with E-state index in [0.717, 1.165) is 0 Å². The predicted octanol–water partition coefficient (Wildman–Crippen LogP) is 7.63. The van der Waals surface area contributed by atoms with Gasteiger partial charge in [-0.15, -0.1) is 0 Å². The quantitative estimate of drug-likeness (QED) is 0.314. The van der Waals surface area contributed by atoms with Crippen LogP contribution in [-0.2, 0) is 15.0 Å². The molecule has 0 bridgehead atoms. The molecular formula is C20H30Br2Ti.